The molecule has 0 aliphatic rings. The minimum Gasteiger partial charge on any atom is -0.325 e. The number of benzene rings is 2. The highest BCUT2D eigenvalue weighted by Gasteiger charge is 2.12. The lowest BCUT2D eigenvalue weighted by Crippen LogP contribution is -2.09. The zero-order valence-corrected chi connectivity index (χ0v) is 13.2. The Hall–Kier alpha value is -2.46. The number of rotatable bonds is 7. The van der Waals surface area contributed by atoms with Gasteiger partial charge in [-0.15, -0.1) is 5.10 Å². The Kier molecular flexibility index (Phi) is 5.17. The van der Waals surface area contributed by atoms with Gasteiger partial charge in [-0.1, -0.05) is 65.9 Å². The van der Waals surface area contributed by atoms with Gasteiger partial charge in [-0.05, 0) is 24.0 Å². The van der Waals surface area contributed by atoms with E-state index in [0.29, 0.717) is 6.54 Å². The lowest BCUT2D eigenvalue weighted by atomic mass is 10.1. The Bertz CT molecular complexity index is 720. The monoisotopic (exact) mass is 306 g/mol. The molecule has 0 amide bonds. The van der Waals surface area contributed by atoms with Gasteiger partial charge >= 0.3 is 0 Å². The molecular formula is C19H22N4. The maximum atomic E-state index is 5.82. The number of aryl methyl sites for hydroxylation is 2. The molecule has 4 heteroatoms. The van der Waals surface area contributed by atoms with Crippen LogP contribution in [0, 0.1) is 0 Å². The van der Waals surface area contributed by atoms with Gasteiger partial charge in [-0.3, -0.25) is 0 Å². The van der Waals surface area contributed by atoms with Gasteiger partial charge in [0.1, 0.15) is 0 Å². The largest absolute Gasteiger partial charge is 0.325 e. The van der Waals surface area contributed by atoms with Crippen molar-refractivity contribution in [1.29, 1.82) is 0 Å². The summed E-state index contributed by atoms with van der Waals surface area (Å²) >= 11 is 0. The fourth-order valence-electron chi connectivity index (χ4n) is 2.77. The maximum Gasteiger partial charge on any atom is 0.0998 e. The minimum atomic E-state index is 0.431. The summed E-state index contributed by atoms with van der Waals surface area (Å²) in [5.41, 5.74) is 10.5. The van der Waals surface area contributed by atoms with Crippen molar-refractivity contribution in [3.05, 3.63) is 83.2 Å². The fourth-order valence-corrected chi connectivity index (χ4v) is 2.77. The Labute approximate surface area is 137 Å². The van der Waals surface area contributed by atoms with E-state index >= 15 is 0 Å². The second-order valence-electron chi connectivity index (χ2n) is 5.66. The van der Waals surface area contributed by atoms with Crippen molar-refractivity contribution in [2.75, 3.05) is 0 Å². The van der Waals surface area contributed by atoms with Gasteiger partial charge in [0.05, 0.1) is 11.4 Å². The van der Waals surface area contributed by atoms with Crippen LogP contribution >= 0.6 is 0 Å². The molecule has 2 N–H and O–H groups in total. The van der Waals surface area contributed by atoms with E-state index in [0.717, 1.165) is 37.2 Å². The normalized spacial score (nSPS) is 10.8. The summed E-state index contributed by atoms with van der Waals surface area (Å²) in [6.45, 7) is 1.30. The predicted molar refractivity (Wildman–Crippen MR) is 91.9 cm³/mol. The lowest BCUT2D eigenvalue weighted by Gasteiger charge is -2.08. The van der Waals surface area contributed by atoms with Crippen LogP contribution in [0.4, 0.5) is 0 Å². The molecule has 0 radical (unpaired) electrons. The highest BCUT2D eigenvalue weighted by Crippen LogP contribution is 2.13. The standard InChI is InChI=1S/C19H22N4/c20-15-18-19(14-17-10-5-2-6-11-17)23(22-21-18)13-7-12-16-8-3-1-4-9-16/h1-6,8-11H,7,12-15,20H2. The van der Waals surface area contributed by atoms with Gasteiger partial charge in [0.25, 0.3) is 0 Å². The molecule has 4 nitrogen and oxygen atoms in total. The quantitative estimate of drug-likeness (QED) is 0.730. The third kappa shape index (κ3) is 4.05. The first-order valence-electron chi connectivity index (χ1n) is 8.06. The van der Waals surface area contributed by atoms with E-state index in [1.807, 2.05) is 16.8 Å². The van der Waals surface area contributed by atoms with Crippen LogP contribution < -0.4 is 5.73 Å². The van der Waals surface area contributed by atoms with Crippen LogP contribution in [0.2, 0.25) is 0 Å². The molecule has 3 rings (SSSR count). The van der Waals surface area contributed by atoms with Crippen molar-refractivity contribution in [3.8, 4) is 0 Å². The summed E-state index contributed by atoms with van der Waals surface area (Å²) in [6.07, 6.45) is 2.91. The van der Waals surface area contributed by atoms with Crippen molar-refractivity contribution >= 4 is 0 Å². The van der Waals surface area contributed by atoms with E-state index in [1.165, 1.54) is 11.1 Å². The average molecular weight is 306 g/mol. The molecule has 0 spiro atoms. The molecule has 1 heterocycles. The van der Waals surface area contributed by atoms with Crippen LogP contribution in [0.5, 0.6) is 0 Å². The van der Waals surface area contributed by atoms with E-state index in [4.69, 9.17) is 5.73 Å². The van der Waals surface area contributed by atoms with Crippen LogP contribution in [-0.2, 0) is 25.9 Å². The topological polar surface area (TPSA) is 56.7 Å². The molecule has 0 fully saturated rings. The summed E-state index contributed by atoms with van der Waals surface area (Å²) in [5.74, 6) is 0. The number of nitrogens with two attached hydrogens (primary N) is 1. The highest BCUT2D eigenvalue weighted by atomic mass is 15.4. The van der Waals surface area contributed by atoms with E-state index in [-0.39, 0.29) is 0 Å². The number of hydrogen-bond donors (Lipinski definition) is 1. The van der Waals surface area contributed by atoms with E-state index in [9.17, 15) is 0 Å². The van der Waals surface area contributed by atoms with Crippen LogP contribution in [0.15, 0.2) is 60.7 Å². The molecule has 23 heavy (non-hydrogen) atoms. The molecule has 118 valence electrons. The zero-order valence-electron chi connectivity index (χ0n) is 13.2. The SMILES string of the molecule is NCc1nnn(CCCc2ccccc2)c1Cc1ccccc1. The minimum absolute atomic E-state index is 0.431. The maximum absolute atomic E-state index is 5.82. The van der Waals surface area contributed by atoms with Crippen molar-refractivity contribution in [3.63, 3.8) is 0 Å². The van der Waals surface area contributed by atoms with Crippen LogP contribution in [-0.4, -0.2) is 15.0 Å². The number of hydrogen-bond acceptors (Lipinski definition) is 3. The van der Waals surface area contributed by atoms with E-state index < -0.39 is 0 Å². The summed E-state index contributed by atoms with van der Waals surface area (Å²) in [5, 5.41) is 8.55. The van der Waals surface area contributed by atoms with Gasteiger partial charge < -0.3 is 5.73 Å². The third-order valence-electron chi connectivity index (χ3n) is 4.00. The van der Waals surface area contributed by atoms with Gasteiger partial charge in [0.15, 0.2) is 0 Å². The molecular weight excluding hydrogens is 284 g/mol. The Balaban J connectivity index is 1.68. The van der Waals surface area contributed by atoms with Crippen molar-refractivity contribution in [2.24, 2.45) is 5.73 Å². The molecule has 0 saturated heterocycles. The molecule has 1 aromatic heterocycles. The van der Waals surface area contributed by atoms with E-state index in [2.05, 4.69) is 58.8 Å². The van der Waals surface area contributed by atoms with Gasteiger partial charge in [0.2, 0.25) is 0 Å². The molecule has 0 atom stereocenters. The first kappa shape index (κ1) is 15.4. The molecule has 0 bridgehead atoms. The second kappa shape index (κ2) is 7.70. The molecule has 0 aliphatic carbocycles. The highest BCUT2D eigenvalue weighted by molar-refractivity contribution is 5.24. The van der Waals surface area contributed by atoms with Crippen molar-refractivity contribution < 1.29 is 0 Å². The molecule has 0 saturated carbocycles. The third-order valence-corrected chi connectivity index (χ3v) is 4.00. The van der Waals surface area contributed by atoms with Crippen LogP contribution in [0.3, 0.4) is 0 Å². The van der Waals surface area contributed by atoms with Gasteiger partial charge in [0, 0.05) is 19.5 Å². The molecule has 3 aromatic rings. The summed E-state index contributed by atoms with van der Waals surface area (Å²) < 4.78 is 2.01. The molecule has 0 unspecified atom stereocenters. The Morgan fingerprint density at radius 2 is 1.52 bits per heavy atom. The molecule has 2 aromatic carbocycles. The second-order valence-corrected chi connectivity index (χ2v) is 5.66. The summed E-state index contributed by atoms with van der Waals surface area (Å²) in [4.78, 5) is 0. The smallest absolute Gasteiger partial charge is 0.0998 e. The zero-order chi connectivity index (χ0) is 15.9. The number of aromatic nitrogens is 3. The van der Waals surface area contributed by atoms with Crippen molar-refractivity contribution in [1.82, 2.24) is 15.0 Å². The van der Waals surface area contributed by atoms with Gasteiger partial charge in [-0.2, -0.15) is 0 Å². The molecule has 0 aliphatic heterocycles. The first-order valence-corrected chi connectivity index (χ1v) is 8.06. The van der Waals surface area contributed by atoms with E-state index in [1.54, 1.807) is 0 Å². The van der Waals surface area contributed by atoms with Gasteiger partial charge in [-0.25, -0.2) is 4.68 Å². The summed E-state index contributed by atoms with van der Waals surface area (Å²) in [7, 11) is 0. The summed E-state index contributed by atoms with van der Waals surface area (Å²) in [6, 6.07) is 20.9. The fraction of sp³-hybridized carbons (Fsp3) is 0.263. The Morgan fingerprint density at radius 1 is 0.870 bits per heavy atom. The average Bonchev–Trinajstić information content (AvgIpc) is 2.99. The van der Waals surface area contributed by atoms with Crippen LogP contribution in [0.1, 0.15) is 28.9 Å². The van der Waals surface area contributed by atoms with Crippen LogP contribution in [0.25, 0.3) is 0 Å². The Morgan fingerprint density at radius 3 is 2.17 bits per heavy atom. The number of nitrogens with zero attached hydrogens (tertiary/aromatic N) is 3. The van der Waals surface area contributed by atoms with Crippen molar-refractivity contribution in [2.45, 2.75) is 32.4 Å². The lowest BCUT2D eigenvalue weighted by molar-refractivity contribution is 0.542. The first-order chi connectivity index (χ1) is 11.4. The predicted octanol–water partition coefficient (Wildman–Crippen LogP) is 2.96.